The Hall–Kier alpha value is -1.10. The molecule has 6 heteroatoms. The number of hydrogen-bond acceptors (Lipinski definition) is 3. The summed E-state index contributed by atoms with van der Waals surface area (Å²) < 4.78 is 0. The fourth-order valence-corrected chi connectivity index (χ4v) is 2.43. The third-order valence-corrected chi connectivity index (χ3v) is 3.40. The van der Waals surface area contributed by atoms with Crippen molar-refractivity contribution in [2.24, 2.45) is 0 Å². The molecular formula is C12H12Cl2N2O2. The minimum absolute atomic E-state index is 0.214. The van der Waals surface area contributed by atoms with Crippen LogP contribution in [0.3, 0.4) is 0 Å². The Kier molecular flexibility index (Phi) is 3.90. The summed E-state index contributed by atoms with van der Waals surface area (Å²) in [6, 6.07) is 3.12. The van der Waals surface area contributed by atoms with Gasteiger partial charge in [-0.2, -0.15) is 0 Å². The van der Waals surface area contributed by atoms with Crippen molar-refractivity contribution in [1.82, 2.24) is 5.32 Å². The second-order valence-electron chi connectivity index (χ2n) is 3.89. The molecule has 0 saturated carbocycles. The molecule has 0 radical (unpaired) electrons. The van der Waals surface area contributed by atoms with Crippen molar-refractivity contribution >= 4 is 40.6 Å². The van der Waals surface area contributed by atoms with Crippen LogP contribution in [-0.4, -0.2) is 31.3 Å². The van der Waals surface area contributed by atoms with E-state index in [1.54, 1.807) is 6.07 Å². The monoisotopic (exact) mass is 286 g/mol. The molecule has 4 nitrogen and oxygen atoms in total. The minimum Gasteiger partial charge on any atom is -0.315 e. The topological polar surface area (TPSA) is 49.4 Å². The molecule has 1 N–H and O–H groups in total. The zero-order chi connectivity index (χ0) is 13.3. The molecule has 0 aliphatic carbocycles. The van der Waals surface area contributed by atoms with Gasteiger partial charge in [0.05, 0.1) is 21.3 Å². The number of likely N-dealkylation sites (N-methyl/N-ethyl adjacent to an activating group) is 1. The molecule has 1 aromatic rings. The summed E-state index contributed by atoms with van der Waals surface area (Å²) in [7, 11) is 0. The summed E-state index contributed by atoms with van der Waals surface area (Å²) in [5.74, 6) is -1.16. The average Bonchev–Trinajstić information content (AvgIpc) is 2.60. The van der Waals surface area contributed by atoms with Gasteiger partial charge in [-0.3, -0.25) is 9.59 Å². The number of Topliss-reactive ketones (excluding diaryl/α,β-unsaturated/α-hetero) is 1. The number of ketones is 1. The predicted molar refractivity (Wildman–Crippen MR) is 71.7 cm³/mol. The van der Waals surface area contributed by atoms with Gasteiger partial charge in [-0.15, -0.1) is 0 Å². The van der Waals surface area contributed by atoms with Gasteiger partial charge in [0.15, 0.2) is 0 Å². The lowest BCUT2D eigenvalue weighted by molar-refractivity contribution is -0.114. The van der Waals surface area contributed by atoms with Crippen molar-refractivity contribution in [3.63, 3.8) is 0 Å². The van der Waals surface area contributed by atoms with E-state index in [1.807, 2.05) is 6.92 Å². The average molecular weight is 287 g/mol. The third-order valence-electron chi connectivity index (χ3n) is 2.78. The second kappa shape index (κ2) is 5.26. The highest BCUT2D eigenvalue weighted by Gasteiger charge is 2.38. The molecule has 0 saturated heterocycles. The van der Waals surface area contributed by atoms with E-state index in [0.29, 0.717) is 23.8 Å². The van der Waals surface area contributed by atoms with Gasteiger partial charge in [0.2, 0.25) is 0 Å². The molecule has 0 fully saturated rings. The van der Waals surface area contributed by atoms with Crippen LogP contribution in [0.15, 0.2) is 12.1 Å². The van der Waals surface area contributed by atoms with E-state index < -0.39 is 11.7 Å². The second-order valence-corrected chi connectivity index (χ2v) is 4.71. The smallest absolute Gasteiger partial charge is 0.299 e. The Balaban J connectivity index is 2.39. The van der Waals surface area contributed by atoms with E-state index in [4.69, 9.17) is 23.2 Å². The molecule has 96 valence electrons. The summed E-state index contributed by atoms with van der Waals surface area (Å²) in [4.78, 5) is 25.1. The number of rotatable bonds is 4. The highest BCUT2D eigenvalue weighted by atomic mass is 35.5. The molecule has 1 aliphatic heterocycles. The number of hydrogen-bond donors (Lipinski definition) is 1. The number of carbonyl (C=O) groups is 2. The Morgan fingerprint density at radius 3 is 2.56 bits per heavy atom. The fraction of sp³-hybridized carbons (Fsp3) is 0.333. The summed E-state index contributed by atoms with van der Waals surface area (Å²) in [5.41, 5.74) is 0.641. The quantitative estimate of drug-likeness (QED) is 0.681. The predicted octanol–water partition coefficient (Wildman–Crippen LogP) is 2.13. The van der Waals surface area contributed by atoms with Crippen molar-refractivity contribution in [2.45, 2.75) is 6.92 Å². The van der Waals surface area contributed by atoms with Gasteiger partial charge < -0.3 is 10.2 Å². The Morgan fingerprint density at radius 2 is 1.89 bits per heavy atom. The zero-order valence-corrected chi connectivity index (χ0v) is 11.3. The molecule has 0 spiro atoms. The van der Waals surface area contributed by atoms with Crippen LogP contribution >= 0.6 is 23.2 Å². The molecule has 0 atom stereocenters. The van der Waals surface area contributed by atoms with Crippen LogP contribution < -0.4 is 10.2 Å². The van der Waals surface area contributed by atoms with E-state index >= 15 is 0 Å². The van der Waals surface area contributed by atoms with Gasteiger partial charge in [0.25, 0.3) is 11.7 Å². The van der Waals surface area contributed by atoms with E-state index in [-0.39, 0.29) is 10.6 Å². The van der Waals surface area contributed by atoms with Crippen molar-refractivity contribution < 1.29 is 9.59 Å². The maximum Gasteiger partial charge on any atom is 0.299 e. The first-order chi connectivity index (χ1) is 8.57. The van der Waals surface area contributed by atoms with E-state index in [0.717, 1.165) is 6.54 Å². The van der Waals surface area contributed by atoms with Crippen LogP contribution in [0.5, 0.6) is 0 Å². The highest BCUT2D eigenvalue weighted by Crippen LogP contribution is 2.39. The standard InChI is InChI=1S/C12H12Cl2N2O2/c1-2-15-5-6-16-10-8(14)4-3-7(13)9(10)11(17)12(16)18/h3-4,15H,2,5-6H2,1H3. The van der Waals surface area contributed by atoms with E-state index in [2.05, 4.69) is 5.32 Å². The fourth-order valence-electron chi connectivity index (χ4n) is 1.93. The molecule has 1 heterocycles. The van der Waals surface area contributed by atoms with Crippen LogP contribution in [0.25, 0.3) is 0 Å². The van der Waals surface area contributed by atoms with E-state index in [9.17, 15) is 9.59 Å². The molecule has 18 heavy (non-hydrogen) atoms. The number of fused-ring (bicyclic) bond motifs is 1. The highest BCUT2D eigenvalue weighted by molar-refractivity contribution is 6.56. The summed E-state index contributed by atoms with van der Waals surface area (Å²) in [6.07, 6.45) is 0. The Morgan fingerprint density at radius 1 is 1.22 bits per heavy atom. The number of nitrogens with one attached hydrogen (secondary N) is 1. The SMILES string of the molecule is CCNCCN1C(=O)C(=O)c2c(Cl)ccc(Cl)c21. The van der Waals surface area contributed by atoms with Gasteiger partial charge in [-0.1, -0.05) is 30.1 Å². The van der Waals surface area contributed by atoms with Crippen LogP contribution in [0.2, 0.25) is 10.0 Å². The first kappa shape index (κ1) is 13.3. The van der Waals surface area contributed by atoms with E-state index in [1.165, 1.54) is 11.0 Å². The molecule has 1 aromatic carbocycles. The lowest BCUT2D eigenvalue weighted by Gasteiger charge is -2.17. The normalized spacial score (nSPS) is 14.3. The number of anilines is 1. The first-order valence-electron chi connectivity index (χ1n) is 5.62. The van der Waals surface area contributed by atoms with Crippen LogP contribution in [-0.2, 0) is 4.79 Å². The molecule has 0 bridgehead atoms. The van der Waals surface area contributed by atoms with Crippen LogP contribution in [0, 0.1) is 0 Å². The van der Waals surface area contributed by atoms with Crippen LogP contribution in [0.1, 0.15) is 17.3 Å². The lowest BCUT2D eigenvalue weighted by atomic mass is 10.1. The largest absolute Gasteiger partial charge is 0.315 e. The molecule has 1 aliphatic rings. The third kappa shape index (κ3) is 2.11. The Labute approximate surface area is 115 Å². The number of benzene rings is 1. The molecular weight excluding hydrogens is 275 g/mol. The van der Waals surface area contributed by atoms with Crippen molar-refractivity contribution in [3.05, 3.63) is 27.7 Å². The van der Waals surface area contributed by atoms with Gasteiger partial charge in [0, 0.05) is 13.1 Å². The summed E-state index contributed by atoms with van der Waals surface area (Å²) >= 11 is 12.0. The number of nitrogens with zero attached hydrogens (tertiary/aromatic N) is 1. The van der Waals surface area contributed by atoms with Gasteiger partial charge in [0.1, 0.15) is 0 Å². The molecule has 0 unspecified atom stereocenters. The Bertz CT molecular complexity index is 517. The van der Waals surface area contributed by atoms with Crippen LogP contribution in [0.4, 0.5) is 5.69 Å². The number of carbonyl (C=O) groups excluding carboxylic acids is 2. The maximum atomic E-state index is 11.9. The van der Waals surface area contributed by atoms with Gasteiger partial charge in [-0.05, 0) is 18.7 Å². The zero-order valence-electron chi connectivity index (χ0n) is 9.80. The molecule has 2 rings (SSSR count). The summed E-state index contributed by atoms with van der Waals surface area (Å²) in [5, 5.41) is 3.72. The first-order valence-corrected chi connectivity index (χ1v) is 6.38. The molecule has 1 amide bonds. The lowest BCUT2D eigenvalue weighted by Crippen LogP contribution is -2.36. The summed E-state index contributed by atoms with van der Waals surface area (Å²) in [6.45, 7) is 3.75. The maximum absolute atomic E-state index is 11.9. The van der Waals surface area contributed by atoms with Crippen molar-refractivity contribution in [3.8, 4) is 0 Å². The molecule has 0 aromatic heterocycles. The van der Waals surface area contributed by atoms with Crippen molar-refractivity contribution in [1.29, 1.82) is 0 Å². The minimum atomic E-state index is -0.589. The number of halogens is 2. The van der Waals surface area contributed by atoms with Gasteiger partial charge >= 0.3 is 0 Å². The van der Waals surface area contributed by atoms with Gasteiger partial charge in [-0.25, -0.2) is 0 Å². The van der Waals surface area contributed by atoms with Crippen molar-refractivity contribution in [2.75, 3.05) is 24.5 Å². The number of amides is 1.